The summed E-state index contributed by atoms with van der Waals surface area (Å²) in [6, 6.07) is 10.7. The van der Waals surface area contributed by atoms with E-state index in [1.54, 1.807) is 12.3 Å². The van der Waals surface area contributed by atoms with Crippen molar-refractivity contribution in [3.05, 3.63) is 70.3 Å². The van der Waals surface area contributed by atoms with Crippen LogP contribution in [0.3, 0.4) is 0 Å². The van der Waals surface area contributed by atoms with Crippen molar-refractivity contribution in [3.8, 4) is 0 Å². The van der Waals surface area contributed by atoms with Crippen LogP contribution >= 0.6 is 15.9 Å². The van der Waals surface area contributed by atoms with Gasteiger partial charge < -0.3 is 10.6 Å². The molecule has 2 aromatic carbocycles. The van der Waals surface area contributed by atoms with Crippen LogP contribution in [0.5, 0.6) is 0 Å². The smallest absolute Gasteiger partial charge is 0.229 e. The molecule has 0 unspecified atom stereocenters. The van der Waals surface area contributed by atoms with Crippen molar-refractivity contribution in [3.63, 3.8) is 0 Å². The zero-order valence-electron chi connectivity index (χ0n) is 12.6. The van der Waals surface area contributed by atoms with Gasteiger partial charge in [-0.2, -0.15) is 4.98 Å². The average Bonchev–Trinajstić information content (AvgIpc) is 2.54. The molecule has 122 valence electrons. The standard InChI is InChI=1S/C17H13BrF2N4/c1-10-8-12(3-4-13(10)18)22-17-21-7-6-16(24-17)23-15-5-2-11(19)9-14(15)20/h2-9H,1H3,(H2,21,22,23,24). The van der Waals surface area contributed by atoms with Crippen molar-refractivity contribution in [2.24, 2.45) is 0 Å². The maximum Gasteiger partial charge on any atom is 0.229 e. The molecule has 0 bridgehead atoms. The second-order valence-corrected chi connectivity index (χ2v) is 5.96. The lowest BCUT2D eigenvalue weighted by molar-refractivity contribution is 0.586. The lowest BCUT2D eigenvalue weighted by atomic mass is 10.2. The van der Waals surface area contributed by atoms with Gasteiger partial charge in [0.2, 0.25) is 5.95 Å². The molecular formula is C17H13BrF2N4. The second kappa shape index (κ2) is 6.92. The Hall–Kier alpha value is -2.54. The van der Waals surface area contributed by atoms with Crippen LogP contribution in [0.2, 0.25) is 0 Å². The molecule has 1 heterocycles. The largest absolute Gasteiger partial charge is 0.338 e. The molecule has 1 aromatic heterocycles. The molecule has 2 N–H and O–H groups in total. The summed E-state index contributed by atoms with van der Waals surface area (Å²) in [6.45, 7) is 1.98. The van der Waals surface area contributed by atoms with Crippen molar-refractivity contribution in [1.82, 2.24) is 9.97 Å². The van der Waals surface area contributed by atoms with Gasteiger partial charge in [-0.25, -0.2) is 13.8 Å². The van der Waals surface area contributed by atoms with Crippen LogP contribution in [0.4, 0.5) is 31.9 Å². The zero-order valence-corrected chi connectivity index (χ0v) is 14.2. The Morgan fingerprint density at radius 1 is 1.00 bits per heavy atom. The van der Waals surface area contributed by atoms with Gasteiger partial charge in [0.15, 0.2) is 0 Å². The van der Waals surface area contributed by atoms with Crippen LogP contribution in [0, 0.1) is 18.6 Å². The Labute approximate surface area is 146 Å². The molecule has 3 rings (SSSR count). The van der Waals surface area contributed by atoms with Crippen LogP contribution in [-0.4, -0.2) is 9.97 Å². The zero-order chi connectivity index (χ0) is 17.1. The fourth-order valence-corrected chi connectivity index (χ4v) is 2.32. The maximum atomic E-state index is 13.7. The molecule has 24 heavy (non-hydrogen) atoms. The summed E-state index contributed by atoms with van der Waals surface area (Å²) in [5.74, 6) is -0.559. The number of aryl methyl sites for hydroxylation is 1. The normalized spacial score (nSPS) is 10.5. The molecular weight excluding hydrogens is 378 g/mol. The van der Waals surface area contributed by atoms with E-state index in [-0.39, 0.29) is 5.69 Å². The molecule has 4 nitrogen and oxygen atoms in total. The Kier molecular flexibility index (Phi) is 4.71. The van der Waals surface area contributed by atoms with E-state index in [0.717, 1.165) is 21.8 Å². The molecule has 0 amide bonds. The number of aromatic nitrogens is 2. The fraction of sp³-hybridized carbons (Fsp3) is 0.0588. The van der Waals surface area contributed by atoms with E-state index in [4.69, 9.17) is 0 Å². The molecule has 7 heteroatoms. The number of anilines is 4. The fourth-order valence-electron chi connectivity index (χ4n) is 2.07. The van der Waals surface area contributed by atoms with E-state index < -0.39 is 11.6 Å². The first-order valence-corrected chi connectivity index (χ1v) is 7.89. The van der Waals surface area contributed by atoms with Crippen LogP contribution in [-0.2, 0) is 0 Å². The third kappa shape index (κ3) is 3.86. The summed E-state index contributed by atoms with van der Waals surface area (Å²) in [6.07, 6.45) is 1.55. The second-order valence-electron chi connectivity index (χ2n) is 5.10. The third-order valence-corrected chi connectivity index (χ3v) is 4.15. The molecule has 0 saturated heterocycles. The van der Waals surface area contributed by atoms with Crippen LogP contribution in [0.1, 0.15) is 5.56 Å². The monoisotopic (exact) mass is 390 g/mol. The number of hydrogen-bond acceptors (Lipinski definition) is 4. The van der Waals surface area contributed by atoms with Crippen molar-refractivity contribution in [1.29, 1.82) is 0 Å². The topological polar surface area (TPSA) is 49.8 Å². The molecule has 0 atom stereocenters. The number of benzene rings is 2. The molecule has 0 saturated carbocycles. The minimum absolute atomic E-state index is 0.139. The highest BCUT2D eigenvalue weighted by molar-refractivity contribution is 9.10. The predicted molar refractivity (Wildman–Crippen MR) is 93.8 cm³/mol. The Balaban J connectivity index is 1.79. The van der Waals surface area contributed by atoms with Gasteiger partial charge in [0.1, 0.15) is 17.5 Å². The van der Waals surface area contributed by atoms with Crippen molar-refractivity contribution >= 4 is 39.1 Å². The Morgan fingerprint density at radius 2 is 1.83 bits per heavy atom. The molecule has 0 spiro atoms. The third-order valence-electron chi connectivity index (χ3n) is 3.26. The van der Waals surface area contributed by atoms with Crippen LogP contribution in [0.15, 0.2) is 53.1 Å². The highest BCUT2D eigenvalue weighted by Gasteiger charge is 2.06. The van der Waals surface area contributed by atoms with Gasteiger partial charge in [0.25, 0.3) is 0 Å². The average molecular weight is 391 g/mol. The molecule has 3 aromatic rings. The Morgan fingerprint density at radius 3 is 2.58 bits per heavy atom. The van der Waals surface area contributed by atoms with Gasteiger partial charge >= 0.3 is 0 Å². The van der Waals surface area contributed by atoms with E-state index in [0.29, 0.717) is 11.8 Å². The number of hydrogen-bond donors (Lipinski definition) is 2. The number of rotatable bonds is 4. The summed E-state index contributed by atoms with van der Waals surface area (Å²) in [7, 11) is 0. The van der Waals surface area contributed by atoms with Crippen molar-refractivity contribution in [2.45, 2.75) is 6.92 Å². The molecule has 0 aliphatic rings. The van der Waals surface area contributed by atoms with Crippen LogP contribution < -0.4 is 10.6 Å². The van der Waals surface area contributed by atoms with Gasteiger partial charge in [-0.1, -0.05) is 15.9 Å². The SMILES string of the molecule is Cc1cc(Nc2nccc(Nc3ccc(F)cc3F)n2)ccc1Br. The number of nitrogens with one attached hydrogen (secondary N) is 2. The number of halogens is 3. The van der Waals surface area contributed by atoms with Gasteiger partial charge in [-0.15, -0.1) is 0 Å². The van der Waals surface area contributed by atoms with E-state index in [1.165, 1.54) is 12.1 Å². The molecule has 0 aliphatic heterocycles. The van der Waals surface area contributed by atoms with E-state index in [1.807, 2.05) is 25.1 Å². The summed E-state index contributed by atoms with van der Waals surface area (Å²) in [5.41, 5.74) is 2.05. The van der Waals surface area contributed by atoms with Crippen LogP contribution in [0.25, 0.3) is 0 Å². The highest BCUT2D eigenvalue weighted by atomic mass is 79.9. The minimum Gasteiger partial charge on any atom is -0.338 e. The lowest BCUT2D eigenvalue weighted by Gasteiger charge is -2.10. The van der Waals surface area contributed by atoms with Crippen molar-refractivity contribution < 1.29 is 8.78 Å². The van der Waals surface area contributed by atoms with Gasteiger partial charge in [-0.3, -0.25) is 0 Å². The summed E-state index contributed by atoms with van der Waals surface area (Å²) in [4.78, 5) is 8.41. The Bertz CT molecular complexity index is 886. The van der Waals surface area contributed by atoms with Gasteiger partial charge in [0.05, 0.1) is 5.69 Å². The summed E-state index contributed by atoms with van der Waals surface area (Å²) >= 11 is 3.44. The lowest BCUT2D eigenvalue weighted by Crippen LogP contribution is -2.01. The molecule has 0 radical (unpaired) electrons. The maximum absolute atomic E-state index is 13.7. The highest BCUT2D eigenvalue weighted by Crippen LogP contribution is 2.23. The summed E-state index contributed by atoms with van der Waals surface area (Å²) in [5, 5.41) is 5.89. The summed E-state index contributed by atoms with van der Waals surface area (Å²) < 4.78 is 27.7. The first kappa shape index (κ1) is 16.3. The van der Waals surface area contributed by atoms with E-state index in [9.17, 15) is 8.78 Å². The molecule has 0 aliphatic carbocycles. The van der Waals surface area contributed by atoms with Crippen molar-refractivity contribution in [2.75, 3.05) is 10.6 Å². The van der Waals surface area contributed by atoms with E-state index >= 15 is 0 Å². The quantitative estimate of drug-likeness (QED) is 0.633. The predicted octanol–water partition coefficient (Wildman–Crippen LogP) is 5.31. The first-order valence-electron chi connectivity index (χ1n) is 7.09. The molecule has 0 fully saturated rings. The van der Waals surface area contributed by atoms with Gasteiger partial charge in [-0.05, 0) is 48.9 Å². The van der Waals surface area contributed by atoms with Gasteiger partial charge in [0, 0.05) is 22.4 Å². The van der Waals surface area contributed by atoms with E-state index in [2.05, 4.69) is 36.5 Å². The number of nitrogens with zero attached hydrogens (tertiary/aromatic N) is 2. The minimum atomic E-state index is -0.688. The first-order chi connectivity index (χ1) is 11.5.